The molecule has 10 aromatic carbocycles. The highest BCUT2D eigenvalue weighted by atomic mass is 16.3. The van der Waals surface area contributed by atoms with E-state index in [-0.39, 0.29) is 0 Å². The summed E-state index contributed by atoms with van der Waals surface area (Å²) in [6.07, 6.45) is 0. The number of hydrogen-bond donors (Lipinski definition) is 0. The topological polar surface area (TPSA) is 16.4 Å². The van der Waals surface area contributed by atoms with Crippen LogP contribution in [0.1, 0.15) is 0 Å². The molecule has 0 N–H and O–H groups in total. The minimum Gasteiger partial charge on any atom is -0.455 e. The zero-order valence-electron chi connectivity index (χ0n) is 43.7. The first-order valence-electron chi connectivity index (χ1n) is 25.3. The van der Waals surface area contributed by atoms with Crippen molar-refractivity contribution >= 4 is 234 Å². The van der Waals surface area contributed by atoms with Gasteiger partial charge in [-0.1, -0.05) is 158 Å². The number of hydrogen-bond acceptors (Lipinski definition) is 2. The van der Waals surface area contributed by atoms with E-state index in [4.69, 9.17) is 4.42 Å². The summed E-state index contributed by atoms with van der Waals surface area (Å²) in [4.78, 5) is 2.50. The van der Waals surface area contributed by atoms with Crippen molar-refractivity contribution in [3.63, 3.8) is 0 Å². The lowest BCUT2D eigenvalue weighted by molar-refractivity contribution is 0.673. The molecular formula is C56H50B13NO. The van der Waals surface area contributed by atoms with Gasteiger partial charge in [-0.2, -0.15) is 0 Å². The third-order valence-electron chi connectivity index (χ3n) is 17.0. The molecule has 2 nitrogen and oxygen atoms in total. The van der Waals surface area contributed by atoms with Gasteiger partial charge in [0.2, 0.25) is 0 Å². The minimum atomic E-state index is 0.902. The Morgan fingerprint density at radius 3 is 1.31 bits per heavy atom. The number of fused-ring (bicyclic) bond motifs is 6. The highest BCUT2D eigenvalue weighted by molar-refractivity contribution is 6.72. The van der Waals surface area contributed by atoms with Gasteiger partial charge >= 0.3 is 0 Å². The summed E-state index contributed by atoms with van der Waals surface area (Å²) in [5.74, 6) is 0. The fourth-order valence-electron chi connectivity index (χ4n) is 12.1. The normalized spacial score (nSPS) is 11.5. The van der Waals surface area contributed by atoms with E-state index in [2.05, 4.69) is 252 Å². The lowest BCUT2D eigenvalue weighted by Crippen LogP contribution is -2.57. The van der Waals surface area contributed by atoms with Crippen LogP contribution in [0.15, 0.2) is 150 Å². The Balaban J connectivity index is 1.07. The Bertz CT molecular complexity index is 3950. The van der Waals surface area contributed by atoms with Crippen LogP contribution in [-0.2, 0) is 0 Å². The SMILES string of the molecule is Bc1c(B)c(B)c(-c2c(B)c(B)c(-c3c(B)c(B)c(N(c4ccc(-c5ccc6ccccc6c5)cc4)c4ccc(-c5cccc6oc7c8ccccc8ccc7c56)cc4)c(B)c3B)c(B)c2B)c(B)c1B. The first-order valence-corrected chi connectivity index (χ1v) is 25.3. The van der Waals surface area contributed by atoms with Crippen LogP contribution < -0.4 is 75.9 Å². The summed E-state index contributed by atoms with van der Waals surface area (Å²) >= 11 is 0. The van der Waals surface area contributed by atoms with E-state index in [1.165, 1.54) is 126 Å². The molecule has 0 amide bonds. The van der Waals surface area contributed by atoms with E-state index in [9.17, 15) is 0 Å². The molecule has 1 heterocycles. The van der Waals surface area contributed by atoms with Crippen molar-refractivity contribution in [3.8, 4) is 44.5 Å². The summed E-state index contributed by atoms with van der Waals surface area (Å²) in [7, 11) is 30.3. The molecule has 11 rings (SSSR count). The van der Waals surface area contributed by atoms with Gasteiger partial charge in [-0.15, -0.1) is 16.4 Å². The molecule has 0 unspecified atom stereocenters. The Morgan fingerprint density at radius 1 is 0.310 bits per heavy atom. The van der Waals surface area contributed by atoms with Crippen LogP contribution in [0, 0.1) is 0 Å². The van der Waals surface area contributed by atoms with Crippen molar-refractivity contribution in [1.29, 1.82) is 0 Å². The van der Waals surface area contributed by atoms with Crippen LogP contribution in [-0.4, -0.2) is 102 Å². The predicted octanol–water partition coefficient (Wildman–Crippen LogP) is -6.61. The fourth-order valence-corrected chi connectivity index (χ4v) is 12.1. The second-order valence-electron chi connectivity index (χ2n) is 20.4. The summed E-state index contributed by atoms with van der Waals surface area (Å²) in [5, 5.41) is 7.10. The van der Waals surface area contributed by atoms with Gasteiger partial charge in [0.15, 0.2) is 0 Å². The van der Waals surface area contributed by atoms with Gasteiger partial charge in [0.25, 0.3) is 0 Å². The first-order chi connectivity index (χ1) is 34.2. The largest absolute Gasteiger partial charge is 0.455 e. The van der Waals surface area contributed by atoms with Crippen LogP contribution >= 0.6 is 0 Å². The average Bonchev–Trinajstić information content (AvgIpc) is 3.79. The zero-order valence-corrected chi connectivity index (χ0v) is 43.7. The number of furan rings is 1. The van der Waals surface area contributed by atoms with E-state index < -0.39 is 0 Å². The predicted molar refractivity (Wildman–Crippen MR) is 351 cm³/mol. The molecule has 324 valence electrons. The first kappa shape index (κ1) is 46.5. The van der Waals surface area contributed by atoms with Crippen molar-refractivity contribution < 1.29 is 4.42 Å². The highest BCUT2D eigenvalue weighted by Crippen LogP contribution is 2.41. The third kappa shape index (κ3) is 7.36. The molecule has 0 radical (unpaired) electrons. The number of nitrogens with zero attached hydrogens (tertiary/aromatic N) is 1. The molecule has 0 aliphatic carbocycles. The minimum absolute atomic E-state index is 0.902. The molecule has 0 bridgehead atoms. The molecule has 0 atom stereocenters. The standard InChI is InChI=1S/C56H50B13NO/c57-42-38(40-46(61)50(65)52(67)51(66)47(40)62)43(58)45(60)39(44(42)59)41-48(63)53(68)55(54(69)49(41)64)70(31-19-14-26(15-20-31)30-13-12-25-6-1-2-8-29(25)24-30)32-21-16-28(17-22-32)33-10-5-11-36-37(33)35-23-18-27-7-3-4-9-34(27)56(35)71-36/h1-24H,57-69H2. The second-order valence-corrected chi connectivity index (χ2v) is 20.4. The van der Waals surface area contributed by atoms with Crippen molar-refractivity contribution in [2.24, 2.45) is 0 Å². The smallest absolute Gasteiger partial charge is 0.143 e. The lowest BCUT2D eigenvalue weighted by atomic mass is 9.55. The van der Waals surface area contributed by atoms with E-state index >= 15 is 0 Å². The molecule has 71 heavy (non-hydrogen) atoms. The molecule has 0 saturated heterocycles. The van der Waals surface area contributed by atoms with Crippen molar-refractivity contribution in [2.45, 2.75) is 0 Å². The second kappa shape index (κ2) is 17.8. The molecule has 11 aromatic rings. The number of benzene rings is 10. The third-order valence-corrected chi connectivity index (χ3v) is 17.0. The maximum atomic E-state index is 6.63. The number of rotatable bonds is 7. The molecule has 0 fully saturated rings. The zero-order chi connectivity index (χ0) is 49.7. The molecule has 15 heteroatoms. The molecule has 0 aliphatic rings. The summed E-state index contributed by atoms with van der Waals surface area (Å²) in [6, 6.07) is 53.1. The fraction of sp³-hybridized carbons (Fsp3) is 0. The van der Waals surface area contributed by atoms with Gasteiger partial charge in [0, 0.05) is 33.2 Å². The van der Waals surface area contributed by atoms with Crippen LogP contribution in [0.3, 0.4) is 0 Å². The van der Waals surface area contributed by atoms with Crippen molar-refractivity contribution in [3.05, 3.63) is 146 Å². The maximum absolute atomic E-state index is 6.63. The number of anilines is 3. The Labute approximate surface area is 430 Å². The van der Waals surface area contributed by atoms with Gasteiger partial charge in [0.1, 0.15) is 113 Å². The Hall–Kier alpha value is -6.84. The summed E-state index contributed by atoms with van der Waals surface area (Å²) < 4.78 is 6.63. The monoisotopic (exact) mass is 896 g/mol. The van der Waals surface area contributed by atoms with Gasteiger partial charge in [0.05, 0.1) is 0 Å². The van der Waals surface area contributed by atoms with Gasteiger partial charge in [-0.05, 0) is 103 Å². The van der Waals surface area contributed by atoms with Crippen LogP contribution in [0.4, 0.5) is 17.1 Å². The lowest BCUT2D eigenvalue weighted by Gasteiger charge is -2.34. The van der Waals surface area contributed by atoms with E-state index in [1.807, 2.05) is 0 Å². The van der Waals surface area contributed by atoms with Crippen LogP contribution in [0.2, 0.25) is 0 Å². The van der Waals surface area contributed by atoms with E-state index in [0.717, 1.165) is 49.8 Å². The molecule has 0 aliphatic heterocycles. The maximum Gasteiger partial charge on any atom is 0.143 e. The van der Waals surface area contributed by atoms with Gasteiger partial charge in [-0.3, -0.25) is 0 Å². The average molecular weight is 894 g/mol. The molecular weight excluding hydrogens is 843 g/mol. The summed E-state index contributed by atoms with van der Waals surface area (Å²) in [6.45, 7) is 0. The van der Waals surface area contributed by atoms with E-state index in [1.54, 1.807) is 0 Å². The Kier molecular flexibility index (Phi) is 11.7. The highest BCUT2D eigenvalue weighted by Gasteiger charge is 2.27. The molecule has 0 spiro atoms. The molecule has 0 saturated carbocycles. The van der Waals surface area contributed by atoms with Crippen LogP contribution in [0.25, 0.3) is 88.0 Å². The Morgan fingerprint density at radius 2 is 0.746 bits per heavy atom. The van der Waals surface area contributed by atoms with Gasteiger partial charge < -0.3 is 9.32 Å². The summed E-state index contributed by atoms with van der Waals surface area (Å²) in [5.41, 5.74) is 33.2. The van der Waals surface area contributed by atoms with Crippen LogP contribution in [0.5, 0.6) is 0 Å². The molecule has 1 aromatic heterocycles. The van der Waals surface area contributed by atoms with Gasteiger partial charge in [-0.25, -0.2) is 0 Å². The quantitative estimate of drug-likeness (QED) is 0.148. The van der Waals surface area contributed by atoms with Crippen molar-refractivity contribution in [1.82, 2.24) is 0 Å². The van der Waals surface area contributed by atoms with Crippen molar-refractivity contribution in [2.75, 3.05) is 4.90 Å². The van der Waals surface area contributed by atoms with E-state index in [0.29, 0.717) is 0 Å².